The number of aromatic nitrogens is 2. The van der Waals surface area contributed by atoms with Crippen molar-refractivity contribution in [1.29, 1.82) is 5.26 Å². The molecule has 0 aliphatic rings. The highest BCUT2D eigenvalue weighted by molar-refractivity contribution is 6.18. The maximum atomic E-state index is 14.5. The van der Waals surface area contributed by atoms with E-state index in [0.717, 1.165) is 18.2 Å². The molecule has 5 aromatic rings. The van der Waals surface area contributed by atoms with Crippen LogP contribution >= 0.6 is 0 Å². The number of halogens is 4. The van der Waals surface area contributed by atoms with Crippen molar-refractivity contribution in [2.24, 2.45) is 0 Å². The Kier molecular flexibility index (Phi) is 4.27. The van der Waals surface area contributed by atoms with Crippen LogP contribution in [0.15, 0.2) is 63.9 Å². The molecule has 3 heterocycles. The van der Waals surface area contributed by atoms with E-state index in [4.69, 9.17) is 9.68 Å². The summed E-state index contributed by atoms with van der Waals surface area (Å²) >= 11 is 0. The molecule has 0 saturated carbocycles. The third kappa shape index (κ3) is 3.00. The van der Waals surface area contributed by atoms with Gasteiger partial charge in [0, 0.05) is 33.4 Å². The number of rotatable bonds is 2. The van der Waals surface area contributed by atoms with Crippen LogP contribution in [0.4, 0.5) is 17.6 Å². The minimum atomic E-state index is -4.59. The van der Waals surface area contributed by atoms with Crippen LogP contribution in [0.5, 0.6) is 0 Å². The summed E-state index contributed by atoms with van der Waals surface area (Å²) in [6.45, 7) is -0.191. The molecule has 3 aromatic heterocycles. The number of hydrogen-bond acceptors (Lipinski definition) is 4. The van der Waals surface area contributed by atoms with Crippen molar-refractivity contribution in [2.45, 2.75) is 12.7 Å². The van der Waals surface area contributed by atoms with E-state index in [1.54, 1.807) is 12.1 Å². The smallest absolute Gasteiger partial charge is 0.402 e. The first-order chi connectivity index (χ1) is 15.3. The predicted octanol–water partition coefficient (Wildman–Crippen LogP) is 5.37. The van der Waals surface area contributed by atoms with E-state index in [-0.39, 0.29) is 39.7 Å². The van der Waals surface area contributed by atoms with E-state index < -0.39 is 23.2 Å². The number of hydrogen-bond donors (Lipinski definition) is 0. The molecule has 0 aliphatic carbocycles. The van der Waals surface area contributed by atoms with Gasteiger partial charge in [-0.25, -0.2) is 14.2 Å². The molecule has 0 aliphatic heterocycles. The second-order valence-corrected chi connectivity index (χ2v) is 7.20. The second kappa shape index (κ2) is 6.92. The third-order valence-corrected chi connectivity index (χ3v) is 5.32. The number of fused-ring (bicyclic) bond motifs is 5. The van der Waals surface area contributed by atoms with Gasteiger partial charge in [0.2, 0.25) is 5.71 Å². The monoisotopic (exact) mass is 437 g/mol. The van der Waals surface area contributed by atoms with Gasteiger partial charge in [0.05, 0.1) is 23.7 Å². The summed E-state index contributed by atoms with van der Waals surface area (Å²) in [5.74, 6) is -0.613. The highest BCUT2D eigenvalue weighted by Crippen LogP contribution is 2.37. The lowest BCUT2D eigenvalue weighted by Crippen LogP contribution is -2.10. The molecule has 0 fully saturated rings. The van der Waals surface area contributed by atoms with E-state index in [2.05, 4.69) is 4.98 Å². The summed E-state index contributed by atoms with van der Waals surface area (Å²) < 4.78 is 61.5. The summed E-state index contributed by atoms with van der Waals surface area (Å²) in [5.41, 5.74) is -1.12. The fourth-order valence-corrected chi connectivity index (χ4v) is 3.91. The normalized spacial score (nSPS) is 12.0. The summed E-state index contributed by atoms with van der Waals surface area (Å²) in [5, 5.41) is 9.89. The van der Waals surface area contributed by atoms with E-state index >= 15 is 0 Å². The van der Waals surface area contributed by atoms with Gasteiger partial charge in [-0.15, -0.1) is 0 Å². The fourth-order valence-electron chi connectivity index (χ4n) is 3.91. The summed E-state index contributed by atoms with van der Waals surface area (Å²) in [6, 6.07) is 12.0. The van der Waals surface area contributed by atoms with Crippen LogP contribution in [0, 0.1) is 17.1 Å². The van der Waals surface area contributed by atoms with Crippen molar-refractivity contribution in [3.8, 4) is 6.07 Å². The van der Waals surface area contributed by atoms with Crippen LogP contribution in [0.25, 0.3) is 32.9 Å². The quantitative estimate of drug-likeness (QED) is 0.348. The first-order valence-electron chi connectivity index (χ1n) is 9.37. The van der Waals surface area contributed by atoms with Gasteiger partial charge in [-0.05, 0) is 48.5 Å². The topological polar surface area (TPSA) is 71.8 Å². The molecular weight excluding hydrogens is 426 g/mol. The Bertz CT molecular complexity index is 1640. The Labute approximate surface area is 176 Å². The lowest BCUT2D eigenvalue weighted by molar-refractivity contribution is -0.137. The van der Waals surface area contributed by atoms with Gasteiger partial charge in [0.1, 0.15) is 11.3 Å². The van der Waals surface area contributed by atoms with Gasteiger partial charge < -0.3 is 8.98 Å². The third-order valence-electron chi connectivity index (χ3n) is 5.32. The van der Waals surface area contributed by atoms with Crippen molar-refractivity contribution in [3.05, 3.63) is 87.7 Å². The molecule has 0 amide bonds. The SMILES string of the molecule is N#Cc1ccc(F)c(Cn2c3ccc(C(F)(F)F)cc3c3c4cccnc4oc(=O)c32)c1. The molecule has 2 aromatic carbocycles. The van der Waals surface area contributed by atoms with Gasteiger partial charge in [0.15, 0.2) is 0 Å². The second-order valence-electron chi connectivity index (χ2n) is 7.20. The van der Waals surface area contributed by atoms with Crippen molar-refractivity contribution >= 4 is 32.9 Å². The number of nitriles is 1. The number of alkyl halides is 3. The predicted molar refractivity (Wildman–Crippen MR) is 109 cm³/mol. The van der Waals surface area contributed by atoms with Crippen LogP contribution < -0.4 is 5.63 Å². The molecular formula is C23H11F4N3O2. The van der Waals surface area contributed by atoms with Gasteiger partial charge in [-0.1, -0.05) is 0 Å². The number of benzene rings is 2. The van der Waals surface area contributed by atoms with Crippen LogP contribution in [-0.2, 0) is 12.7 Å². The van der Waals surface area contributed by atoms with E-state index in [1.165, 1.54) is 29.0 Å². The standard InChI is InChI=1S/C23H11F4N3O2/c24-17-5-3-12(10-28)8-13(17)11-30-18-6-4-14(23(25,26)27)9-16(18)19-15-2-1-7-29-21(15)32-22(31)20(19)30/h1-9H,11H2. The molecule has 5 rings (SSSR count). The van der Waals surface area contributed by atoms with Crippen LogP contribution in [-0.4, -0.2) is 9.55 Å². The Morgan fingerprint density at radius 3 is 2.66 bits per heavy atom. The van der Waals surface area contributed by atoms with Crippen molar-refractivity contribution < 1.29 is 22.0 Å². The zero-order chi connectivity index (χ0) is 22.6. The highest BCUT2D eigenvalue weighted by Gasteiger charge is 2.31. The number of pyridine rings is 1. The molecule has 0 atom stereocenters. The minimum Gasteiger partial charge on any atom is -0.402 e. The summed E-state index contributed by atoms with van der Waals surface area (Å²) in [7, 11) is 0. The lowest BCUT2D eigenvalue weighted by atomic mass is 10.1. The Hall–Kier alpha value is -4.19. The van der Waals surface area contributed by atoms with E-state index in [1.807, 2.05) is 6.07 Å². The van der Waals surface area contributed by atoms with Crippen LogP contribution in [0.2, 0.25) is 0 Å². The van der Waals surface area contributed by atoms with Crippen molar-refractivity contribution in [1.82, 2.24) is 9.55 Å². The first kappa shape index (κ1) is 19.8. The Morgan fingerprint density at radius 1 is 1.09 bits per heavy atom. The zero-order valence-corrected chi connectivity index (χ0v) is 16.1. The maximum Gasteiger partial charge on any atom is 0.416 e. The molecule has 158 valence electrons. The molecule has 0 bridgehead atoms. The van der Waals surface area contributed by atoms with Gasteiger partial charge in [0.25, 0.3) is 0 Å². The highest BCUT2D eigenvalue weighted by atomic mass is 19.4. The Balaban J connectivity index is 1.92. The van der Waals surface area contributed by atoms with Crippen molar-refractivity contribution in [3.63, 3.8) is 0 Å². The fraction of sp³-hybridized carbons (Fsp3) is 0.0870. The molecule has 0 radical (unpaired) electrons. The summed E-state index contributed by atoms with van der Waals surface area (Å²) in [6.07, 6.45) is -3.19. The van der Waals surface area contributed by atoms with Gasteiger partial charge in [-0.3, -0.25) is 0 Å². The Morgan fingerprint density at radius 2 is 1.91 bits per heavy atom. The van der Waals surface area contributed by atoms with Gasteiger partial charge in [-0.2, -0.15) is 18.4 Å². The van der Waals surface area contributed by atoms with E-state index in [9.17, 15) is 22.4 Å². The largest absolute Gasteiger partial charge is 0.416 e. The average Bonchev–Trinajstić information content (AvgIpc) is 3.09. The van der Waals surface area contributed by atoms with Crippen molar-refractivity contribution in [2.75, 3.05) is 0 Å². The molecule has 0 N–H and O–H groups in total. The van der Waals surface area contributed by atoms with Crippen LogP contribution in [0.1, 0.15) is 16.7 Å². The summed E-state index contributed by atoms with van der Waals surface area (Å²) in [4.78, 5) is 16.9. The average molecular weight is 437 g/mol. The first-order valence-corrected chi connectivity index (χ1v) is 9.37. The molecule has 9 heteroatoms. The molecule has 0 unspecified atom stereocenters. The van der Waals surface area contributed by atoms with Gasteiger partial charge >= 0.3 is 11.8 Å². The number of nitrogens with zero attached hydrogens (tertiary/aromatic N) is 3. The lowest BCUT2D eigenvalue weighted by Gasteiger charge is -2.10. The maximum absolute atomic E-state index is 14.5. The molecule has 0 spiro atoms. The van der Waals surface area contributed by atoms with E-state index in [0.29, 0.717) is 10.9 Å². The molecule has 5 nitrogen and oxygen atoms in total. The molecule has 32 heavy (non-hydrogen) atoms. The minimum absolute atomic E-state index is 0.0124. The van der Waals surface area contributed by atoms with Crippen LogP contribution in [0.3, 0.4) is 0 Å². The molecule has 0 saturated heterocycles. The zero-order valence-electron chi connectivity index (χ0n) is 16.1.